The molecule has 2 amide bonds. The minimum atomic E-state index is -0.356. The third kappa shape index (κ3) is 12.4. The summed E-state index contributed by atoms with van der Waals surface area (Å²) in [5, 5.41) is 2.95. The summed E-state index contributed by atoms with van der Waals surface area (Å²) in [7, 11) is 3.50. The molecule has 24 heavy (non-hydrogen) atoms. The summed E-state index contributed by atoms with van der Waals surface area (Å²) in [6, 6.07) is -0.356. The number of likely N-dealkylation sites (N-methyl/N-ethyl adjacent to an activating group) is 1. The molecule has 0 aromatic heterocycles. The Morgan fingerprint density at radius 3 is 2.04 bits per heavy atom. The molecule has 1 N–H and O–H groups in total. The van der Waals surface area contributed by atoms with Crippen molar-refractivity contribution in [1.82, 2.24) is 10.2 Å². The van der Waals surface area contributed by atoms with E-state index in [1.54, 1.807) is 19.0 Å². The van der Waals surface area contributed by atoms with Gasteiger partial charge >= 0.3 is 0 Å². The molecule has 4 nitrogen and oxygen atoms in total. The molecule has 0 aliphatic carbocycles. The lowest BCUT2D eigenvalue weighted by molar-refractivity contribution is -0.134. The Hall–Kier alpha value is -1.06. The van der Waals surface area contributed by atoms with Gasteiger partial charge in [-0.05, 0) is 18.8 Å². The maximum atomic E-state index is 12.2. The second-order valence-electron chi connectivity index (χ2n) is 7.55. The largest absolute Gasteiger partial charge is 0.347 e. The molecule has 1 unspecified atom stereocenters. The fourth-order valence-electron chi connectivity index (χ4n) is 2.80. The van der Waals surface area contributed by atoms with Crippen molar-refractivity contribution in [2.75, 3.05) is 14.1 Å². The van der Waals surface area contributed by atoms with Gasteiger partial charge in [-0.2, -0.15) is 0 Å². The van der Waals surface area contributed by atoms with Gasteiger partial charge in [0.25, 0.3) is 0 Å². The third-order valence-corrected chi connectivity index (χ3v) is 4.36. The molecule has 4 heteroatoms. The SMILES string of the molecule is CCCCCCC(NC(=O)CCCCCCC(C)C)C(=O)N(C)C. The molecule has 0 bridgehead atoms. The highest BCUT2D eigenvalue weighted by atomic mass is 16.2. The maximum Gasteiger partial charge on any atom is 0.244 e. The van der Waals surface area contributed by atoms with Crippen LogP contribution in [0.5, 0.6) is 0 Å². The van der Waals surface area contributed by atoms with Gasteiger partial charge in [0.2, 0.25) is 11.8 Å². The van der Waals surface area contributed by atoms with E-state index in [4.69, 9.17) is 0 Å². The van der Waals surface area contributed by atoms with E-state index in [2.05, 4.69) is 26.1 Å². The van der Waals surface area contributed by atoms with Gasteiger partial charge in [0.1, 0.15) is 6.04 Å². The van der Waals surface area contributed by atoms with Crippen LogP contribution in [0.1, 0.15) is 91.4 Å². The van der Waals surface area contributed by atoms with Gasteiger partial charge in [-0.15, -0.1) is 0 Å². The van der Waals surface area contributed by atoms with Crippen LogP contribution in [-0.4, -0.2) is 36.9 Å². The molecule has 0 aromatic rings. The summed E-state index contributed by atoms with van der Waals surface area (Å²) < 4.78 is 0. The van der Waals surface area contributed by atoms with Gasteiger partial charge in [-0.25, -0.2) is 0 Å². The molecule has 0 spiro atoms. The molecule has 142 valence electrons. The second-order valence-corrected chi connectivity index (χ2v) is 7.55. The Morgan fingerprint density at radius 2 is 1.46 bits per heavy atom. The van der Waals surface area contributed by atoms with E-state index in [0.717, 1.165) is 38.0 Å². The molecule has 0 fully saturated rings. The number of rotatable bonds is 14. The fraction of sp³-hybridized carbons (Fsp3) is 0.900. The molecule has 0 saturated carbocycles. The zero-order chi connectivity index (χ0) is 18.4. The van der Waals surface area contributed by atoms with Gasteiger partial charge < -0.3 is 10.2 Å². The molecule has 0 radical (unpaired) electrons. The first kappa shape index (κ1) is 22.9. The molecular formula is C20H40N2O2. The Labute approximate surface area is 149 Å². The lowest BCUT2D eigenvalue weighted by Gasteiger charge is -2.21. The summed E-state index contributed by atoms with van der Waals surface area (Å²) in [5.74, 6) is 0.796. The number of hydrogen-bond donors (Lipinski definition) is 1. The number of unbranched alkanes of at least 4 members (excludes halogenated alkanes) is 6. The monoisotopic (exact) mass is 340 g/mol. The van der Waals surface area contributed by atoms with Gasteiger partial charge in [-0.3, -0.25) is 9.59 Å². The average Bonchev–Trinajstić information content (AvgIpc) is 2.52. The predicted octanol–water partition coefficient (Wildman–Crippen LogP) is 4.53. The van der Waals surface area contributed by atoms with Crippen LogP contribution in [0.25, 0.3) is 0 Å². The van der Waals surface area contributed by atoms with Crippen LogP contribution < -0.4 is 5.32 Å². The smallest absolute Gasteiger partial charge is 0.244 e. The molecule has 0 rings (SSSR count). The maximum absolute atomic E-state index is 12.2. The zero-order valence-electron chi connectivity index (χ0n) is 16.7. The van der Waals surface area contributed by atoms with E-state index in [0.29, 0.717) is 6.42 Å². The Kier molecular flexibility index (Phi) is 13.7. The molecule has 0 saturated heterocycles. The number of carbonyl (C=O) groups is 2. The number of hydrogen-bond acceptors (Lipinski definition) is 2. The quantitative estimate of drug-likeness (QED) is 0.472. The summed E-state index contributed by atoms with van der Waals surface area (Å²) in [4.78, 5) is 25.9. The normalized spacial score (nSPS) is 12.2. The first-order chi connectivity index (χ1) is 11.4. The lowest BCUT2D eigenvalue weighted by atomic mass is 10.0. The summed E-state index contributed by atoms with van der Waals surface area (Å²) in [6.07, 6.45) is 11.5. The van der Waals surface area contributed by atoms with Crippen molar-refractivity contribution in [3.8, 4) is 0 Å². The lowest BCUT2D eigenvalue weighted by Crippen LogP contribution is -2.46. The van der Waals surface area contributed by atoms with Crippen LogP contribution in [0.2, 0.25) is 0 Å². The van der Waals surface area contributed by atoms with Crippen molar-refractivity contribution >= 4 is 11.8 Å². The van der Waals surface area contributed by atoms with E-state index in [1.807, 2.05) is 0 Å². The zero-order valence-corrected chi connectivity index (χ0v) is 16.7. The fourth-order valence-corrected chi connectivity index (χ4v) is 2.80. The van der Waals surface area contributed by atoms with Crippen molar-refractivity contribution in [3.63, 3.8) is 0 Å². The Bertz CT molecular complexity index is 341. The van der Waals surface area contributed by atoms with E-state index in [1.165, 1.54) is 32.1 Å². The summed E-state index contributed by atoms with van der Waals surface area (Å²) in [5.41, 5.74) is 0. The number of carbonyl (C=O) groups excluding carboxylic acids is 2. The predicted molar refractivity (Wildman–Crippen MR) is 102 cm³/mol. The molecular weight excluding hydrogens is 300 g/mol. The van der Waals surface area contributed by atoms with Gasteiger partial charge in [-0.1, -0.05) is 72.1 Å². The summed E-state index contributed by atoms with van der Waals surface area (Å²) >= 11 is 0. The van der Waals surface area contributed by atoms with E-state index < -0.39 is 0 Å². The topological polar surface area (TPSA) is 49.4 Å². The van der Waals surface area contributed by atoms with E-state index in [9.17, 15) is 9.59 Å². The Morgan fingerprint density at radius 1 is 0.875 bits per heavy atom. The van der Waals surface area contributed by atoms with Crippen LogP contribution in [0.4, 0.5) is 0 Å². The van der Waals surface area contributed by atoms with Crippen molar-refractivity contribution in [2.45, 2.75) is 97.4 Å². The second kappa shape index (κ2) is 14.3. The number of nitrogens with zero attached hydrogens (tertiary/aromatic N) is 1. The molecule has 0 aromatic carbocycles. The highest BCUT2D eigenvalue weighted by Gasteiger charge is 2.21. The van der Waals surface area contributed by atoms with Crippen molar-refractivity contribution < 1.29 is 9.59 Å². The first-order valence-electron chi connectivity index (χ1n) is 9.89. The molecule has 1 atom stereocenters. The average molecular weight is 341 g/mol. The Balaban J connectivity index is 4.07. The summed E-state index contributed by atoms with van der Waals surface area (Å²) in [6.45, 7) is 6.66. The van der Waals surface area contributed by atoms with Crippen LogP contribution in [0.15, 0.2) is 0 Å². The number of nitrogens with one attached hydrogen (secondary N) is 1. The van der Waals surface area contributed by atoms with Gasteiger partial charge in [0, 0.05) is 20.5 Å². The van der Waals surface area contributed by atoms with Crippen LogP contribution in [-0.2, 0) is 9.59 Å². The van der Waals surface area contributed by atoms with Crippen molar-refractivity contribution in [2.24, 2.45) is 5.92 Å². The van der Waals surface area contributed by atoms with Crippen LogP contribution >= 0.6 is 0 Å². The minimum absolute atomic E-state index is 0.0109. The number of amides is 2. The standard InChI is InChI=1S/C20H40N2O2/c1-6-7-8-12-15-18(20(24)22(4)5)21-19(23)16-13-10-9-11-14-17(2)3/h17-18H,6-16H2,1-5H3,(H,21,23). The first-order valence-corrected chi connectivity index (χ1v) is 9.89. The van der Waals surface area contributed by atoms with E-state index in [-0.39, 0.29) is 17.9 Å². The molecule has 0 aliphatic rings. The minimum Gasteiger partial charge on any atom is -0.347 e. The van der Waals surface area contributed by atoms with Crippen LogP contribution in [0.3, 0.4) is 0 Å². The van der Waals surface area contributed by atoms with Crippen LogP contribution in [0, 0.1) is 5.92 Å². The molecule has 0 aliphatic heterocycles. The highest BCUT2D eigenvalue weighted by Crippen LogP contribution is 2.11. The molecule has 0 heterocycles. The van der Waals surface area contributed by atoms with Gasteiger partial charge in [0.05, 0.1) is 0 Å². The van der Waals surface area contributed by atoms with Crippen molar-refractivity contribution in [3.05, 3.63) is 0 Å². The third-order valence-electron chi connectivity index (χ3n) is 4.36. The van der Waals surface area contributed by atoms with Crippen molar-refractivity contribution in [1.29, 1.82) is 0 Å². The van der Waals surface area contributed by atoms with Gasteiger partial charge in [0.15, 0.2) is 0 Å². The van der Waals surface area contributed by atoms with E-state index >= 15 is 0 Å². The highest BCUT2D eigenvalue weighted by molar-refractivity contribution is 5.87.